The Morgan fingerprint density at radius 3 is 1.96 bits per heavy atom. The Morgan fingerprint density at radius 2 is 1.43 bits per heavy atom. The van der Waals surface area contributed by atoms with Gasteiger partial charge < -0.3 is 0 Å². The second kappa shape index (κ2) is 7.66. The molecule has 28 heavy (non-hydrogen) atoms. The van der Waals surface area contributed by atoms with Crippen LogP contribution >= 0.6 is 23.2 Å². The van der Waals surface area contributed by atoms with E-state index in [-0.39, 0.29) is 10.6 Å². The average molecular weight is 446 g/mol. The Kier molecular flexibility index (Phi) is 5.61. The van der Waals surface area contributed by atoms with Crippen LogP contribution in [0.3, 0.4) is 0 Å². The molecule has 3 aromatic rings. The van der Waals surface area contributed by atoms with Gasteiger partial charge in [-0.3, -0.25) is 4.72 Å². The number of nitrogens with one attached hydrogen (secondary N) is 1. The zero-order valence-corrected chi connectivity index (χ0v) is 16.3. The van der Waals surface area contributed by atoms with Crippen molar-refractivity contribution in [1.29, 1.82) is 0 Å². The van der Waals surface area contributed by atoms with Crippen molar-refractivity contribution in [2.75, 3.05) is 4.72 Å². The van der Waals surface area contributed by atoms with Crippen LogP contribution in [0.25, 0.3) is 11.1 Å². The number of halogens is 5. The highest BCUT2D eigenvalue weighted by molar-refractivity contribution is 7.92. The molecule has 0 aliphatic carbocycles. The van der Waals surface area contributed by atoms with E-state index in [1.54, 1.807) is 30.3 Å². The van der Waals surface area contributed by atoms with Gasteiger partial charge in [-0.05, 0) is 54.1 Å². The number of hydrogen-bond acceptors (Lipinski definition) is 2. The lowest BCUT2D eigenvalue weighted by Crippen LogP contribution is -2.13. The van der Waals surface area contributed by atoms with Crippen LogP contribution in [-0.4, -0.2) is 8.42 Å². The highest BCUT2D eigenvalue weighted by atomic mass is 35.5. The molecule has 0 amide bonds. The van der Waals surface area contributed by atoms with Gasteiger partial charge in [0.05, 0.1) is 10.5 Å². The molecule has 0 unspecified atom stereocenters. The van der Waals surface area contributed by atoms with Crippen LogP contribution in [0.4, 0.5) is 18.9 Å². The van der Waals surface area contributed by atoms with E-state index < -0.39 is 21.8 Å². The van der Waals surface area contributed by atoms with Crippen LogP contribution in [0.15, 0.2) is 71.6 Å². The molecule has 0 atom stereocenters. The van der Waals surface area contributed by atoms with Gasteiger partial charge in [0.15, 0.2) is 0 Å². The van der Waals surface area contributed by atoms with E-state index in [1.807, 2.05) is 0 Å². The Labute approximate surface area is 169 Å². The third kappa shape index (κ3) is 4.60. The molecule has 0 aromatic heterocycles. The second-order valence-corrected chi connectivity index (χ2v) is 8.36. The van der Waals surface area contributed by atoms with Gasteiger partial charge in [-0.2, -0.15) is 13.2 Å². The van der Waals surface area contributed by atoms with Gasteiger partial charge in [0.25, 0.3) is 10.0 Å². The maximum atomic E-state index is 12.6. The first-order chi connectivity index (χ1) is 13.1. The lowest BCUT2D eigenvalue weighted by Gasteiger charge is -2.11. The number of alkyl halides is 3. The fraction of sp³-hybridized carbons (Fsp3) is 0.0526. The van der Waals surface area contributed by atoms with Gasteiger partial charge >= 0.3 is 6.18 Å². The van der Waals surface area contributed by atoms with E-state index in [0.717, 1.165) is 24.3 Å². The molecule has 0 spiro atoms. The van der Waals surface area contributed by atoms with Gasteiger partial charge in [-0.1, -0.05) is 41.4 Å². The molecular formula is C19H12Cl2F3NO2S. The summed E-state index contributed by atoms with van der Waals surface area (Å²) in [5, 5.41) is 0.902. The lowest BCUT2D eigenvalue weighted by atomic mass is 10.1. The standard InChI is InChI=1S/C19H12Cl2F3NO2S/c20-14-5-10-17(18(21)11-14)12-1-8-16(9-2-12)28(26,27)25-15-6-3-13(4-7-15)19(22,23)24/h1-11,25H. The van der Waals surface area contributed by atoms with E-state index in [0.29, 0.717) is 21.2 Å². The average Bonchev–Trinajstić information content (AvgIpc) is 2.61. The molecule has 3 nitrogen and oxygen atoms in total. The summed E-state index contributed by atoms with van der Waals surface area (Å²) < 4.78 is 65.0. The Hall–Kier alpha value is -2.22. The van der Waals surface area contributed by atoms with E-state index in [2.05, 4.69) is 4.72 Å². The summed E-state index contributed by atoms with van der Waals surface area (Å²) >= 11 is 12.0. The Morgan fingerprint density at radius 1 is 0.821 bits per heavy atom. The molecule has 3 aromatic carbocycles. The van der Waals surface area contributed by atoms with E-state index >= 15 is 0 Å². The molecule has 0 aliphatic rings. The maximum absolute atomic E-state index is 12.6. The minimum absolute atomic E-state index is 0.0258. The topological polar surface area (TPSA) is 46.2 Å². The van der Waals surface area contributed by atoms with Crippen molar-refractivity contribution in [3.63, 3.8) is 0 Å². The van der Waals surface area contributed by atoms with Gasteiger partial charge in [0, 0.05) is 21.3 Å². The molecular weight excluding hydrogens is 434 g/mol. The number of benzene rings is 3. The van der Waals surface area contributed by atoms with Crippen molar-refractivity contribution < 1.29 is 21.6 Å². The van der Waals surface area contributed by atoms with Crippen molar-refractivity contribution in [3.05, 3.63) is 82.3 Å². The molecule has 0 saturated heterocycles. The summed E-state index contributed by atoms with van der Waals surface area (Å²) in [5.74, 6) is 0. The monoisotopic (exact) mass is 445 g/mol. The van der Waals surface area contributed by atoms with Gasteiger partial charge in [0.1, 0.15) is 0 Å². The zero-order valence-electron chi connectivity index (χ0n) is 14.0. The SMILES string of the molecule is O=S(=O)(Nc1ccc(C(F)(F)F)cc1)c1ccc(-c2ccc(Cl)cc2Cl)cc1. The molecule has 0 aliphatic heterocycles. The van der Waals surface area contributed by atoms with Crippen LogP contribution in [0, 0.1) is 0 Å². The molecule has 0 bridgehead atoms. The zero-order chi connectivity index (χ0) is 20.5. The fourth-order valence-electron chi connectivity index (χ4n) is 2.48. The van der Waals surface area contributed by atoms with E-state index in [4.69, 9.17) is 23.2 Å². The molecule has 0 fully saturated rings. The highest BCUT2D eigenvalue weighted by Gasteiger charge is 2.30. The quantitative estimate of drug-likeness (QED) is 0.499. The summed E-state index contributed by atoms with van der Waals surface area (Å²) in [4.78, 5) is -0.0405. The van der Waals surface area contributed by atoms with Crippen molar-refractivity contribution in [2.45, 2.75) is 11.1 Å². The molecule has 146 valence electrons. The molecule has 0 saturated carbocycles. The summed E-state index contributed by atoms with van der Waals surface area (Å²) in [5.41, 5.74) is 0.540. The lowest BCUT2D eigenvalue weighted by molar-refractivity contribution is -0.137. The van der Waals surface area contributed by atoms with E-state index in [9.17, 15) is 21.6 Å². The summed E-state index contributed by atoms with van der Waals surface area (Å²) in [6, 6.07) is 14.6. The Bertz CT molecular complexity index is 1100. The van der Waals surface area contributed by atoms with Crippen molar-refractivity contribution in [3.8, 4) is 11.1 Å². The van der Waals surface area contributed by atoms with Crippen LogP contribution in [0.5, 0.6) is 0 Å². The van der Waals surface area contributed by atoms with Crippen LogP contribution < -0.4 is 4.72 Å². The predicted octanol–water partition coefficient (Wildman–Crippen LogP) is 6.48. The first-order valence-electron chi connectivity index (χ1n) is 7.82. The Balaban J connectivity index is 1.82. The number of hydrogen-bond donors (Lipinski definition) is 1. The van der Waals surface area contributed by atoms with Crippen LogP contribution in [0.1, 0.15) is 5.56 Å². The molecule has 1 N–H and O–H groups in total. The summed E-state index contributed by atoms with van der Waals surface area (Å²) in [6.07, 6.45) is -4.49. The minimum atomic E-state index is -4.49. The largest absolute Gasteiger partial charge is 0.416 e. The van der Waals surface area contributed by atoms with Crippen molar-refractivity contribution in [2.24, 2.45) is 0 Å². The van der Waals surface area contributed by atoms with Gasteiger partial charge in [-0.25, -0.2) is 8.42 Å². The fourth-order valence-corrected chi connectivity index (χ4v) is 4.05. The predicted molar refractivity (Wildman–Crippen MR) is 104 cm³/mol. The molecule has 9 heteroatoms. The minimum Gasteiger partial charge on any atom is -0.280 e. The van der Waals surface area contributed by atoms with Gasteiger partial charge in [-0.15, -0.1) is 0 Å². The normalized spacial score (nSPS) is 12.0. The summed E-state index contributed by atoms with van der Waals surface area (Å²) in [6.45, 7) is 0. The first-order valence-corrected chi connectivity index (χ1v) is 10.1. The number of anilines is 1. The molecule has 3 rings (SSSR count). The van der Waals surface area contributed by atoms with Crippen molar-refractivity contribution in [1.82, 2.24) is 0 Å². The maximum Gasteiger partial charge on any atom is 0.416 e. The van der Waals surface area contributed by atoms with Crippen LogP contribution in [-0.2, 0) is 16.2 Å². The number of rotatable bonds is 4. The third-order valence-electron chi connectivity index (χ3n) is 3.87. The second-order valence-electron chi connectivity index (χ2n) is 5.83. The third-order valence-corrected chi connectivity index (χ3v) is 5.82. The van der Waals surface area contributed by atoms with Crippen LogP contribution in [0.2, 0.25) is 10.0 Å². The first kappa shape index (κ1) is 20.5. The van der Waals surface area contributed by atoms with Gasteiger partial charge in [0.2, 0.25) is 0 Å². The smallest absolute Gasteiger partial charge is 0.280 e. The molecule has 0 heterocycles. The summed E-state index contributed by atoms with van der Waals surface area (Å²) in [7, 11) is -3.96. The molecule has 0 radical (unpaired) electrons. The highest BCUT2D eigenvalue weighted by Crippen LogP contribution is 2.32. The number of sulfonamides is 1. The van der Waals surface area contributed by atoms with Crippen molar-refractivity contribution >= 4 is 38.9 Å². The van der Waals surface area contributed by atoms with E-state index in [1.165, 1.54) is 12.1 Å².